The van der Waals surface area contributed by atoms with Crippen molar-refractivity contribution in [3.8, 4) is 0 Å². The van der Waals surface area contributed by atoms with Gasteiger partial charge in [-0.1, -0.05) is 17.7 Å². The summed E-state index contributed by atoms with van der Waals surface area (Å²) in [4.78, 5) is 15.4. The number of Topliss-reactive ketones (excluding diaryl/α,β-unsaturated/α-hetero) is 1. The number of hydrogen-bond acceptors (Lipinski definition) is 2. The molecule has 1 aromatic carbocycles. The molecular weight excluding hydrogens is 260 g/mol. The SMILES string of the molecule is O=C(Cc1c(F)cccc1Cl)c1ccncc1F. The molecule has 2 nitrogen and oxygen atoms in total. The summed E-state index contributed by atoms with van der Waals surface area (Å²) < 4.78 is 26.8. The molecule has 0 saturated carbocycles. The third kappa shape index (κ3) is 2.54. The summed E-state index contributed by atoms with van der Waals surface area (Å²) in [6.45, 7) is 0. The summed E-state index contributed by atoms with van der Waals surface area (Å²) in [6, 6.07) is 5.39. The first-order valence-corrected chi connectivity index (χ1v) is 5.53. The smallest absolute Gasteiger partial charge is 0.170 e. The number of rotatable bonds is 3. The highest BCUT2D eigenvalue weighted by molar-refractivity contribution is 6.31. The van der Waals surface area contributed by atoms with E-state index in [-0.39, 0.29) is 22.6 Å². The topological polar surface area (TPSA) is 30.0 Å². The van der Waals surface area contributed by atoms with Crippen LogP contribution in [0.2, 0.25) is 5.02 Å². The van der Waals surface area contributed by atoms with Gasteiger partial charge in [-0.25, -0.2) is 8.78 Å². The molecule has 2 rings (SSSR count). The van der Waals surface area contributed by atoms with Crippen molar-refractivity contribution in [3.63, 3.8) is 0 Å². The highest BCUT2D eigenvalue weighted by atomic mass is 35.5. The molecule has 1 heterocycles. The van der Waals surface area contributed by atoms with Crippen LogP contribution in [0.15, 0.2) is 36.7 Å². The molecular formula is C13H8ClF2NO. The first-order valence-electron chi connectivity index (χ1n) is 5.15. The van der Waals surface area contributed by atoms with Crippen LogP contribution >= 0.6 is 11.6 Å². The zero-order valence-electron chi connectivity index (χ0n) is 9.16. The second-order valence-corrected chi connectivity index (χ2v) is 4.06. The van der Waals surface area contributed by atoms with Crippen LogP contribution in [0, 0.1) is 11.6 Å². The average Bonchev–Trinajstić information content (AvgIpc) is 2.34. The molecule has 0 N–H and O–H groups in total. The summed E-state index contributed by atoms with van der Waals surface area (Å²) in [7, 11) is 0. The first-order chi connectivity index (χ1) is 8.59. The van der Waals surface area contributed by atoms with Crippen molar-refractivity contribution in [1.82, 2.24) is 4.98 Å². The normalized spacial score (nSPS) is 10.4. The molecule has 0 bridgehead atoms. The van der Waals surface area contributed by atoms with Gasteiger partial charge in [0.05, 0.1) is 11.8 Å². The number of aromatic nitrogens is 1. The van der Waals surface area contributed by atoms with Crippen LogP contribution in [-0.4, -0.2) is 10.8 Å². The highest BCUT2D eigenvalue weighted by Gasteiger charge is 2.16. The monoisotopic (exact) mass is 267 g/mol. The summed E-state index contributed by atoms with van der Waals surface area (Å²) in [6.07, 6.45) is 1.96. The lowest BCUT2D eigenvalue weighted by Crippen LogP contribution is -2.08. The summed E-state index contributed by atoms with van der Waals surface area (Å²) in [5.41, 5.74) is -0.0512. The number of carbonyl (C=O) groups is 1. The lowest BCUT2D eigenvalue weighted by molar-refractivity contribution is 0.0988. The molecule has 18 heavy (non-hydrogen) atoms. The fourth-order valence-electron chi connectivity index (χ4n) is 1.56. The van der Waals surface area contributed by atoms with E-state index in [0.29, 0.717) is 0 Å². The van der Waals surface area contributed by atoms with E-state index in [2.05, 4.69) is 4.98 Å². The molecule has 0 unspecified atom stereocenters. The van der Waals surface area contributed by atoms with Gasteiger partial charge in [-0.3, -0.25) is 9.78 Å². The Hall–Kier alpha value is -1.81. The van der Waals surface area contributed by atoms with E-state index >= 15 is 0 Å². The van der Waals surface area contributed by atoms with Crippen molar-refractivity contribution in [1.29, 1.82) is 0 Å². The largest absolute Gasteiger partial charge is 0.294 e. The van der Waals surface area contributed by atoms with Crippen molar-refractivity contribution >= 4 is 17.4 Å². The fourth-order valence-corrected chi connectivity index (χ4v) is 1.79. The van der Waals surface area contributed by atoms with E-state index in [1.165, 1.54) is 30.5 Å². The minimum atomic E-state index is -0.727. The third-order valence-corrected chi connectivity index (χ3v) is 2.83. The Morgan fingerprint density at radius 1 is 1.22 bits per heavy atom. The van der Waals surface area contributed by atoms with Crippen molar-refractivity contribution in [2.24, 2.45) is 0 Å². The number of pyridine rings is 1. The second-order valence-electron chi connectivity index (χ2n) is 3.66. The molecule has 0 aliphatic rings. The van der Waals surface area contributed by atoms with E-state index in [9.17, 15) is 13.6 Å². The highest BCUT2D eigenvalue weighted by Crippen LogP contribution is 2.21. The van der Waals surface area contributed by atoms with Crippen molar-refractivity contribution in [2.75, 3.05) is 0 Å². The predicted molar refractivity (Wildman–Crippen MR) is 63.6 cm³/mol. The number of nitrogens with zero attached hydrogens (tertiary/aromatic N) is 1. The van der Waals surface area contributed by atoms with E-state index < -0.39 is 17.4 Å². The number of hydrogen-bond donors (Lipinski definition) is 0. The van der Waals surface area contributed by atoms with Crippen molar-refractivity contribution in [2.45, 2.75) is 6.42 Å². The molecule has 92 valence electrons. The molecule has 0 aliphatic carbocycles. The predicted octanol–water partition coefficient (Wildman–Crippen LogP) is 3.44. The molecule has 0 radical (unpaired) electrons. The van der Waals surface area contributed by atoms with Gasteiger partial charge < -0.3 is 0 Å². The lowest BCUT2D eigenvalue weighted by Gasteiger charge is -2.05. The standard InChI is InChI=1S/C13H8ClF2NO/c14-10-2-1-3-11(15)9(10)6-13(18)8-4-5-17-7-12(8)16/h1-5,7H,6H2. The maximum absolute atomic E-state index is 13.5. The van der Waals surface area contributed by atoms with Crippen molar-refractivity contribution in [3.05, 3.63) is 64.4 Å². The number of carbonyl (C=O) groups excluding carboxylic acids is 1. The van der Waals surface area contributed by atoms with Gasteiger partial charge in [0.1, 0.15) is 5.82 Å². The van der Waals surface area contributed by atoms with E-state index in [1.807, 2.05) is 0 Å². The molecule has 0 fully saturated rings. The van der Waals surface area contributed by atoms with Gasteiger partial charge in [0.2, 0.25) is 0 Å². The van der Waals surface area contributed by atoms with Gasteiger partial charge in [-0.05, 0) is 18.2 Å². The lowest BCUT2D eigenvalue weighted by atomic mass is 10.0. The van der Waals surface area contributed by atoms with Gasteiger partial charge in [0.25, 0.3) is 0 Å². The molecule has 0 saturated heterocycles. The van der Waals surface area contributed by atoms with Gasteiger partial charge >= 0.3 is 0 Å². The van der Waals surface area contributed by atoms with Crippen LogP contribution in [0.5, 0.6) is 0 Å². The van der Waals surface area contributed by atoms with Crippen LogP contribution in [-0.2, 0) is 6.42 Å². The van der Waals surface area contributed by atoms with Crippen LogP contribution in [0.4, 0.5) is 8.78 Å². The summed E-state index contributed by atoms with van der Waals surface area (Å²) in [5, 5.41) is 0.151. The summed E-state index contributed by atoms with van der Waals surface area (Å²) in [5.74, 6) is -1.85. The molecule has 0 amide bonds. The molecule has 0 atom stereocenters. The van der Waals surface area contributed by atoms with Gasteiger partial charge in [-0.2, -0.15) is 0 Å². The number of ketones is 1. The molecule has 2 aromatic rings. The quantitative estimate of drug-likeness (QED) is 0.798. The zero-order chi connectivity index (χ0) is 13.1. The maximum Gasteiger partial charge on any atom is 0.170 e. The van der Waals surface area contributed by atoms with Crippen molar-refractivity contribution < 1.29 is 13.6 Å². The van der Waals surface area contributed by atoms with Gasteiger partial charge in [-0.15, -0.1) is 0 Å². The Balaban J connectivity index is 2.30. The molecule has 0 spiro atoms. The number of benzene rings is 1. The van der Waals surface area contributed by atoms with Crippen LogP contribution < -0.4 is 0 Å². The van der Waals surface area contributed by atoms with Gasteiger partial charge in [0, 0.05) is 23.2 Å². The van der Waals surface area contributed by atoms with E-state index in [1.54, 1.807) is 0 Å². The zero-order valence-corrected chi connectivity index (χ0v) is 9.92. The Morgan fingerprint density at radius 2 is 2.00 bits per heavy atom. The maximum atomic E-state index is 13.5. The van der Waals surface area contributed by atoms with Gasteiger partial charge in [0.15, 0.2) is 11.6 Å². The number of halogens is 3. The Bertz CT molecular complexity index is 581. The van der Waals surface area contributed by atoms with Crippen LogP contribution in [0.1, 0.15) is 15.9 Å². The average molecular weight is 268 g/mol. The third-order valence-electron chi connectivity index (χ3n) is 2.47. The molecule has 1 aromatic heterocycles. The Labute approximate surface area is 107 Å². The Kier molecular flexibility index (Phi) is 3.67. The summed E-state index contributed by atoms with van der Waals surface area (Å²) >= 11 is 5.80. The first kappa shape index (κ1) is 12.6. The fraction of sp³-hybridized carbons (Fsp3) is 0.0769. The second kappa shape index (κ2) is 5.23. The van der Waals surface area contributed by atoms with Crippen LogP contribution in [0.25, 0.3) is 0 Å². The van der Waals surface area contributed by atoms with E-state index in [0.717, 1.165) is 6.20 Å². The van der Waals surface area contributed by atoms with Crippen LogP contribution in [0.3, 0.4) is 0 Å². The minimum Gasteiger partial charge on any atom is -0.294 e. The van der Waals surface area contributed by atoms with E-state index in [4.69, 9.17) is 11.6 Å². The molecule has 5 heteroatoms. The Morgan fingerprint density at radius 3 is 2.67 bits per heavy atom. The molecule has 0 aliphatic heterocycles. The minimum absolute atomic E-state index is 0.0698.